The van der Waals surface area contributed by atoms with Gasteiger partial charge in [-0.2, -0.15) is 13.2 Å². The van der Waals surface area contributed by atoms with Crippen LogP contribution in [0.5, 0.6) is 5.75 Å². The minimum absolute atomic E-state index is 0.0396. The maximum atomic E-state index is 12.1. The van der Waals surface area contributed by atoms with Gasteiger partial charge in [-0.25, -0.2) is 4.79 Å². The Morgan fingerprint density at radius 3 is 2.04 bits per heavy atom. The Labute approximate surface area is 141 Å². The Morgan fingerprint density at radius 2 is 1.52 bits per heavy atom. The number of halogens is 3. The lowest BCUT2D eigenvalue weighted by molar-refractivity contribution is -0.153. The van der Waals surface area contributed by atoms with Gasteiger partial charge in [0.15, 0.2) is 6.61 Å². The van der Waals surface area contributed by atoms with Gasteiger partial charge in [0, 0.05) is 11.3 Å². The molecule has 2 aromatic rings. The van der Waals surface area contributed by atoms with E-state index >= 15 is 0 Å². The predicted octanol–water partition coefficient (Wildman–Crippen LogP) is 3.67. The van der Waals surface area contributed by atoms with Gasteiger partial charge in [-0.15, -0.1) is 0 Å². The molecule has 2 aromatic carbocycles. The van der Waals surface area contributed by atoms with Crippen molar-refractivity contribution in [3.8, 4) is 5.75 Å². The van der Waals surface area contributed by atoms with Crippen molar-refractivity contribution in [2.75, 3.05) is 19.0 Å². The largest absolute Gasteiger partial charge is 0.484 e. The highest BCUT2D eigenvalue weighted by atomic mass is 19.4. The third-order valence-corrected chi connectivity index (χ3v) is 3.08. The number of benzene rings is 2. The molecular formula is C17H14F3NO4. The number of anilines is 1. The summed E-state index contributed by atoms with van der Waals surface area (Å²) in [6, 6.07) is 11.3. The topological polar surface area (TPSA) is 64.6 Å². The minimum Gasteiger partial charge on any atom is -0.484 e. The highest BCUT2D eigenvalue weighted by Crippen LogP contribution is 2.20. The number of rotatable bonds is 5. The van der Waals surface area contributed by atoms with Crippen molar-refractivity contribution < 1.29 is 32.2 Å². The molecule has 0 aliphatic rings. The number of carbonyl (C=O) groups is 2. The van der Waals surface area contributed by atoms with Crippen molar-refractivity contribution in [1.29, 1.82) is 0 Å². The Balaban J connectivity index is 1.97. The van der Waals surface area contributed by atoms with E-state index in [1.807, 2.05) is 0 Å². The first kappa shape index (κ1) is 18.3. The Bertz CT molecular complexity index is 740. The predicted molar refractivity (Wildman–Crippen MR) is 83.7 cm³/mol. The van der Waals surface area contributed by atoms with Crippen LogP contribution in [0, 0.1) is 0 Å². The smallest absolute Gasteiger partial charge is 0.422 e. The number of carbonyl (C=O) groups excluding carboxylic acids is 2. The van der Waals surface area contributed by atoms with E-state index in [2.05, 4.69) is 14.8 Å². The van der Waals surface area contributed by atoms with Gasteiger partial charge >= 0.3 is 12.1 Å². The molecule has 0 atom stereocenters. The van der Waals surface area contributed by atoms with Gasteiger partial charge in [-0.3, -0.25) is 4.79 Å². The fourth-order valence-electron chi connectivity index (χ4n) is 1.88. The maximum Gasteiger partial charge on any atom is 0.422 e. The van der Waals surface area contributed by atoms with Gasteiger partial charge in [0.25, 0.3) is 5.91 Å². The van der Waals surface area contributed by atoms with Gasteiger partial charge in [-0.1, -0.05) is 0 Å². The van der Waals surface area contributed by atoms with E-state index in [1.54, 1.807) is 0 Å². The van der Waals surface area contributed by atoms with Gasteiger partial charge < -0.3 is 14.8 Å². The van der Waals surface area contributed by atoms with E-state index in [0.29, 0.717) is 16.8 Å². The molecule has 5 nitrogen and oxygen atoms in total. The second-order valence-corrected chi connectivity index (χ2v) is 4.95. The lowest BCUT2D eigenvalue weighted by Gasteiger charge is -2.10. The molecule has 0 aliphatic carbocycles. The number of esters is 1. The first-order valence-corrected chi connectivity index (χ1v) is 7.08. The summed E-state index contributed by atoms with van der Waals surface area (Å²) >= 11 is 0. The summed E-state index contributed by atoms with van der Waals surface area (Å²) in [5.41, 5.74) is 1.01. The van der Waals surface area contributed by atoms with Crippen LogP contribution < -0.4 is 10.1 Å². The zero-order valence-electron chi connectivity index (χ0n) is 13.1. The van der Waals surface area contributed by atoms with Gasteiger partial charge in [-0.05, 0) is 48.5 Å². The van der Waals surface area contributed by atoms with Crippen LogP contribution >= 0.6 is 0 Å². The Kier molecular flexibility index (Phi) is 5.63. The van der Waals surface area contributed by atoms with Crippen LogP contribution in [0.2, 0.25) is 0 Å². The molecule has 0 radical (unpaired) electrons. The van der Waals surface area contributed by atoms with Crippen LogP contribution in [-0.4, -0.2) is 31.8 Å². The molecule has 2 rings (SSSR count). The summed E-state index contributed by atoms with van der Waals surface area (Å²) in [5.74, 6) is -0.903. The minimum atomic E-state index is -4.41. The SMILES string of the molecule is COC(=O)c1ccc(C(=O)Nc2ccc(OCC(F)(F)F)cc2)cc1. The molecule has 1 amide bonds. The molecular weight excluding hydrogens is 339 g/mol. The number of ether oxygens (including phenoxy) is 2. The molecule has 25 heavy (non-hydrogen) atoms. The van der Waals surface area contributed by atoms with E-state index in [4.69, 9.17) is 0 Å². The molecule has 0 unspecified atom stereocenters. The number of methoxy groups -OCH3 is 1. The monoisotopic (exact) mass is 353 g/mol. The van der Waals surface area contributed by atoms with Crippen molar-refractivity contribution in [2.45, 2.75) is 6.18 Å². The number of hydrogen-bond donors (Lipinski definition) is 1. The standard InChI is InChI=1S/C17H14F3NO4/c1-24-16(23)12-4-2-11(3-5-12)15(22)21-13-6-8-14(9-7-13)25-10-17(18,19)20/h2-9H,10H2,1H3,(H,21,22). The normalized spacial score (nSPS) is 10.9. The second-order valence-electron chi connectivity index (χ2n) is 4.95. The second kappa shape index (κ2) is 7.69. The molecule has 8 heteroatoms. The average molecular weight is 353 g/mol. The number of alkyl halides is 3. The average Bonchev–Trinajstić information content (AvgIpc) is 2.60. The summed E-state index contributed by atoms with van der Waals surface area (Å²) in [6.45, 7) is -1.38. The van der Waals surface area contributed by atoms with E-state index in [9.17, 15) is 22.8 Å². The quantitative estimate of drug-likeness (QED) is 0.833. The fraction of sp³-hybridized carbons (Fsp3) is 0.176. The van der Waals surface area contributed by atoms with Crippen molar-refractivity contribution >= 4 is 17.6 Å². The lowest BCUT2D eigenvalue weighted by atomic mass is 10.1. The summed E-state index contributed by atoms with van der Waals surface area (Å²) < 4.78 is 45.4. The summed E-state index contributed by atoms with van der Waals surface area (Å²) in [6.07, 6.45) is -4.41. The van der Waals surface area contributed by atoms with Crippen molar-refractivity contribution in [1.82, 2.24) is 0 Å². The molecule has 0 heterocycles. The third kappa shape index (κ3) is 5.52. The van der Waals surface area contributed by atoms with Crippen LogP contribution in [0.4, 0.5) is 18.9 Å². The molecule has 0 aliphatic heterocycles. The molecule has 0 fully saturated rings. The number of hydrogen-bond acceptors (Lipinski definition) is 4. The highest BCUT2D eigenvalue weighted by molar-refractivity contribution is 6.04. The van der Waals surface area contributed by atoms with Crippen LogP contribution in [0.1, 0.15) is 20.7 Å². The first-order chi connectivity index (χ1) is 11.8. The van der Waals surface area contributed by atoms with E-state index < -0.39 is 24.7 Å². The van der Waals surface area contributed by atoms with E-state index in [1.165, 1.54) is 55.6 Å². The van der Waals surface area contributed by atoms with Gasteiger partial charge in [0.05, 0.1) is 12.7 Å². The summed E-state index contributed by atoms with van der Waals surface area (Å²) in [5, 5.41) is 2.59. The van der Waals surface area contributed by atoms with Crippen LogP contribution in [0.3, 0.4) is 0 Å². The highest BCUT2D eigenvalue weighted by Gasteiger charge is 2.28. The van der Waals surface area contributed by atoms with E-state index in [-0.39, 0.29) is 5.75 Å². The summed E-state index contributed by atoms with van der Waals surface area (Å²) in [4.78, 5) is 23.4. The third-order valence-electron chi connectivity index (χ3n) is 3.08. The zero-order valence-corrected chi connectivity index (χ0v) is 13.1. The van der Waals surface area contributed by atoms with Crippen LogP contribution in [0.25, 0.3) is 0 Å². The first-order valence-electron chi connectivity index (χ1n) is 7.08. The van der Waals surface area contributed by atoms with Crippen molar-refractivity contribution in [3.63, 3.8) is 0 Å². The Hall–Kier alpha value is -3.03. The molecule has 0 bridgehead atoms. The number of nitrogens with one attached hydrogen (secondary N) is 1. The number of amides is 1. The molecule has 1 N–H and O–H groups in total. The van der Waals surface area contributed by atoms with Gasteiger partial charge in [0.1, 0.15) is 5.75 Å². The maximum absolute atomic E-state index is 12.1. The van der Waals surface area contributed by atoms with Crippen LogP contribution in [0.15, 0.2) is 48.5 Å². The molecule has 132 valence electrons. The van der Waals surface area contributed by atoms with Crippen LogP contribution in [-0.2, 0) is 4.74 Å². The van der Waals surface area contributed by atoms with Crippen molar-refractivity contribution in [2.24, 2.45) is 0 Å². The Morgan fingerprint density at radius 1 is 0.960 bits per heavy atom. The molecule has 0 aromatic heterocycles. The van der Waals surface area contributed by atoms with E-state index in [0.717, 1.165) is 0 Å². The summed E-state index contributed by atoms with van der Waals surface area (Å²) in [7, 11) is 1.26. The van der Waals surface area contributed by atoms with Crippen molar-refractivity contribution in [3.05, 3.63) is 59.7 Å². The van der Waals surface area contributed by atoms with Gasteiger partial charge in [0.2, 0.25) is 0 Å². The fourth-order valence-corrected chi connectivity index (χ4v) is 1.88. The molecule has 0 spiro atoms. The lowest BCUT2D eigenvalue weighted by Crippen LogP contribution is -2.19. The molecule has 0 saturated carbocycles. The molecule has 0 saturated heterocycles. The zero-order chi connectivity index (χ0) is 18.4.